The second-order valence-corrected chi connectivity index (χ2v) is 4.74. The zero-order valence-corrected chi connectivity index (χ0v) is 9.98. The van der Waals surface area contributed by atoms with Crippen molar-refractivity contribution in [3.05, 3.63) is 0 Å². The number of nitrogens with one attached hydrogen (secondary N) is 3. The average molecular weight is 269 g/mol. The zero-order valence-electron chi connectivity index (χ0n) is 9.98. The Morgan fingerprint density at radius 3 is 3.11 bits per heavy atom. The molecule has 0 aromatic rings. The maximum absolute atomic E-state index is 11.7. The molecule has 0 saturated carbocycles. The quantitative estimate of drug-likeness (QED) is 0.367. The highest BCUT2D eigenvalue weighted by Gasteiger charge is 2.47. The summed E-state index contributed by atoms with van der Waals surface area (Å²) >= 11 is 0. The first kappa shape index (κ1) is 12.3. The smallest absolute Gasteiger partial charge is 0.255 e. The molecule has 3 aliphatic heterocycles. The van der Waals surface area contributed by atoms with E-state index in [-0.39, 0.29) is 18.5 Å². The number of carbonyl (C=O) groups is 1. The van der Waals surface area contributed by atoms with Crippen molar-refractivity contribution in [2.45, 2.75) is 37.1 Å². The van der Waals surface area contributed by atoms with Crippen LogP contribution in [-0.2, 0) is 9.53 Å². The minimum absolute atomic E-state index is 0.104. The van der Waals surface area contributed by atoms with Crippen LogP contribution < -0.4 is 10.6 Å². The molecule has 9 nitrogen and oxygen atoms in total. The molecule has 19 heavy (non-hydrogen) atoms. The molecule has 3 heterocycles. The fourth-order valence-electron chi connectivity index (χ4n) is 2.55. The molecule has 0 aromatic carbocycles. The highest BCUT2D eigenvalue weighted by Crippen LogP contribution is 2.27. The minimum atomic E-state index is -0.775. The van der Waals surface area contributed by atoms with Crippen molar-refractivity contribution >= 4 is 18.2 Å². The first-order valence-electron chi connectivity index (χ1n) is 6.01. The molecule has 2 fully saturated rings. The molecule has 0 aliphatic carbocycles. The number of carbonyl (C=O) groups excluding carboxylic acids is 1. The van der Waals surface area contributed by atoms with E-state index in [9.17, 15) is 9.90 Å². The van der Waals surface area contributed by atoms with E-state index in [2.05, 4.69) is 15.6 Å². The van der Waals surface area contributed by atoms with E-state index >= 15 is 0 Å². The standard InChI is InChI=1S/C10H15N5O4/c11-10-13-7-6(8(18)14-10)12-3-15(7)9-5(17)1-4(2-16)19-9/h3-7,9,16-17H,1-2H2,(H3,11,13,14,18). The topological polar surface area (TPSA) is 130 Å². The number of fused-ring (bicyclic) bond motifs is 1. The number of amides is 1. The Balaban J connectivity index is 1.77. The van der Waals surface area contributed by atoms with Gasteiger partial charge in [-0.3, -0.25) is 20.5 Å². The van der Waals surface area contributed by atoms with Crippen LogP contribution in [-0.4, -0.2) is 70.6 Å². The molecule has 104 valence electrons. The number of aliphatic hydroxyl groups is 2. The predicted octanol–water partition coefficient (Wildman–Crippen LogP) is -2.85. The Kier molecular flexibility index (Phi) is 2.88. The maximum Gasteiger partial charge on any atom is 0.255 e. The van der Waals surface area contributed by atoms with E-state index in [1.807, 2.05) is 0 Å². The van der Waals surface area contributed by atoms with Gasteiger partial charge in [-0.1, -0.05) is 0 Å². The second kappa shape index (κ2) is 4.44. The molecular weight excluding hydrogens is 254 g/mol. The number of rotatable bonds is 2. The largest absolute Gasteiger partial charge is 0.394 e. The first-order valence-corrected chi connectivity index (χ1v) is 6.01. The fraction of sp³-hybridized carbons (Fsp3) is 0.700. The Hall–Kier alpha value is -1.71. The van der Waals surface area contributed by atoms with Gasteiger partial charge in [0, 0.05) is 6.42 Å². The van der Waals surface area contributed by atoms with Crippen LogP contribution in [0, 0.1) is 5.41 Å². The van der Waals surface area contributed by atoms with E-state index in [0.29, 0.717) is 6.42 Å². The van der Waals surface area contributed by atoms with Crippen molar-refractivity contribution in [1.82, 2.24) is 15.5 Å². The summed E-state index contributed by atoms with van der Waals surface area (Å²) in [5.74, 6) is -0.466. The van der Waals surface area contributed by atoms with Crippen LogP contribution in [0.3, 0.4) is 0 Å². The van der Waals surface area contributed by atoms with Crippen LogP contribution >= 0.6 is 0 Å². The van der Waals surface area contributed by atoms with Gasteiger partial charge in [-0.2, -0.15) is 0 Å². The van der Waals surface area contributed by atoms with Crippen molar-refractivity contribution < 1.29 is 19.7 Å². The van der Waals surface area contributed by atoms with E-state index in [1.54, 1.807) is 4.90 Å². The molecule has 5 atom stereocenters. The monoisotopic (exact) mass is 269 g/mol. The lowest BCUT2D eigenvalue weighted by Crippen LogP contribution is -2.65. The van der Waals surface area contributed by atoms with Gasteiger partial charge >= 0.3 is 0 Å². The summed E-state index contributed by atoms with van der Waals surface area (Å²) < 4.78 is 5.52. The molecule has 5 unspecified atom stereocenters. The van der Waals surface area contributed by atoms with Gasteiger partial charge in [0.2, 0.25) is 0 Å². The lowest BCUT2D eigenvalue weighted by atomic mass is 10.1. The molecular formula is C10H15N5O4. The summed E-state index contributed by atoms with van der Waals surface area (Å²) in [6.07, 6.45) is -0.658. The number of hydrogen-bond donors (Lipinski definition) is 5. The van der Waals surface area contributed by atoms with Gasteiger partial charge in [-0.25, -0.2) is 0 Å². The number of ether oxygens (including phenoxy) is 1. The predicted molar refractivity (Wildman–Crippen MR) is 63.3 cm³/mol. The molecule has 0 spiro atoms. The maximum atomic E-state index is 11.7. The lowest BCUT2D eigenvalue weighted by Gasteiger charge is -2.36. The molecule has 1 amide bonds. The number of nitrogens with zero attached hydrogens (tertiary/aromatic N) is 2. The molecule has 3 rings (SSSR count). The first-order chi connectivity index (χ1) is 9.10. The van der Waals surface area contributed by atoms with Crippen LogP contribution in [0.1, 0.15) is 6.42 Å². The Labute approximate surface area is 108 Å². The highest BCUT2D eigenvalue weighted by atomic mass is 16.5. The van der Waals surface area contributed by atoms with Crippen LogP contribution in [0.5, 0.6) is 0 Å². The number of aliphatic hydroxyl groups excluding tert-OH is 2. The summed E-state index contributed by atoms with van der Waals surface area (Å²) in [5.41, 5.74) is 0. The van der Waals surface area contributed by atoms with Gasteiger partial charge in [0.1, 0.15) is 12.3 Å². The van der Waals surface area contributed by atoms with Gasteiger partial charge in [0.25, 0.3) is 5.91 Å². The van der Waals surface area contributed by atoms with Crippen LogP contribution in [0.2, 0.25) is 0 Å². The summed E-state index contributed by atoms with van der Waals surface area (Å²) in [4.78, 5) is 17.3. The van der Waals surface area contributed by atoms with Gasteiger partial charge in [-0.15, -0.1) is 0 Å². The molecule has 3 aliphatic rings. The van der Waals surface area contributed by atoms with Gasteiger partial charge < -0.3 is 25.2 Å². The van der Waals surface area contributed by atoms with Crippen molar-refractivity contribution in [1.29, 1.82) is 5.41 Å². The normalized spacial score (nSPS) is 41.2. The summed E-state index contributed by atoms with van der Waals surface area (Å²) in [5, 5.41) is 31.6. The third kappa shape index (κ3) is 1.95. The summed E-state index contributed by atoms with van der Waals surface area (Å²) in [6.45, 7) is -0.170. The number of aliphatic imine (C=N–C) groups is 1. The van der Waals surface area contributed by atoms with E-state index in [0.717, 1.165) is 0 Å². The van der Waals surface area contributed by atoms with Crippen molar-refractivity contribution in [2.24, 2.45) is 4.99 Å². The molecule has 9 heteroatoms. The van der Waals surface area contributed by atoms with Crippen LogP contribution in [0.4, 0.5) is 0 Å². The number of guanidine groups is 1. The van der Waals surface area contributed by atoms with Crippen molar-refractivity contribution in [2.75, 3.05) is 6.61 Å². The van der Waals surface area contributed by atoms with Crippen molar-refractivity contribution in [3.8, 4) is 0 Å². The lowest BCUT2D eigenvalue weighted by molar-refractivity contribution is -0.125. The third-order valence-electron chi connectivity index (χ3n) is 3.45. The summed E-state index contributed by atoms with van der Waals surface area (Å²) in [7, 11) is 0. The molecule has 0 radical (unpaired) electrons. The molecule has 0 bridgehead atoms. The molecule has 2 saturated heterocycles. The zero-order chi connectivity index (χ0) is 13.6. The van der Waals surface area contributed by atoms with E-state index < -0.39 is 30.6 Å². The van der Waals surface area contributed by atoms with E-state index in [4.69, 9.17) is 15.3 Å². The SMILES string of the molecule is N=C1NC(=O)C2N=CN(C3OC(CO)CC3O)C2N1. The second-order valence-electron chi connectivity index (χ2n) is 4.74. The summed E-state index contributed by atoms with van der Waals surface area (Å²) in [6, 6.07) is -0.668. The van der Waals surface area contributed by atoms with Gasteiger partial charge in [-0.05, 0) is 0 Å². The van der Waals surface area contributed by atoms with E-state index in [1.165, 1.54) is 6.34 Å². The molecule has 0 aromatic heterocycles. The Morgan fingerprint density at radius 1 is 1.63 bits per heavy atom. The fourth-order valence-corrected chi connectivity index (χ4v) is 2.55. The minimum Gasteiger partial charge on any atom is -0.394 e. The number of hydrogen-bond acceptors (Lipinski definition) is 7. The Bertz CT molecular complexity index is 442. The highest BCUT2D eigenvalue weighted by molar-refractivity contribution is 6.02. The van der Waals surface area contributed by atoms with Gasteiger partial charge in [0.05, 0.1) is 19.0 Å². The van der Waals surface area contributed by atoms with Gasteiger partial charge in [0.15, 0.2) is 18.2 Å². The Morgan fingerprint density at radius 2 is 2.42 bits per heavy atom. The average Bonchev–Trinajstić information content (AvgIpc) is 2.92. The van der Waals surface area contributed by atoms with Crippen LogP contribution in [0.15, 0.2) is 4.99 Å². The van der Waals surface area contributed by atoms with Crippen LogP contribution in [0.25, 0.3) is 0 Å². The molecule has 5 N–H and O–H groups in total. The van der Waals surface area contributed by atoms with Crippen molar-refractivity contribution in [3.63, 3.8) is 0 Å². The third-order valence-corrected chi connectivity index (χ3v) is 3.45.